The lowest BCUT2D eigenvalue weighted by Gasteiger charge is -2.76. The fourth-order valence-corrected chi connectivity index (χ4v) is 16.2. The summed E-state index contributed by atoms with van der Waals surface area (Å²) in [6.07, 6.45) is -22.0. The lowest BCUT2D eigenvalue weighted by Crippen LogP contribution is -2.80. The van der Waals surface area contributed by atoms with Gasteiger partial charge >= 0.3 is 11.9 Å². The second kappa shape index (κ2) is 18.8. The molecule has 5 saturated carbocycles. The van der Waals surface area contributed by atoms with E-state index < -0.39 is 168 Å². The number of carbonyl (C=O) groups is 2. The van der Waals surface area contributed by atoms with E-state index in [2.05, 4.69) is 27.7 Å². The van der Waals surface area contributed by atoms with Gasteiger partial charge in [-0.3, -0.25) is 9.59 Å². The van der Waals surface area contributed by atoms with Crippen molar-refractivity contribution in [2.45, 2.75) is 223 Å². The first-order valence-electron chi connectivity index (χ1n) is 25.2. The Hall–Kier alpha value is -1.74. The molecule has 12 N–H and O–H groups in total. The van der Waals surface area contributed by atoms with Crippen molar-refractivity contribution in [3.05, 3.63) is 0 Å². The maximum atomic E-state index is 14.4. The molecule has 0 spiro atoms. The van der Waals surface area contributed by atoms with Crippen molar-refractivity contribution in [1.82, 2.24) is 0 Å². The fourth-order valence-electron chi connectivity index (χ4n) is 16.2. The largest absolute Gasteiger partial charge is 0.481 e. The van der Waals surface area contributed by atoms with Crippen molar-refractivity contribution in [2.24, 2.45) is 50.2 Å². The molecule has 0 aromatic carbocycles. The molecule has 0 amide bonds. The Kier molecular flexibility index (Phi) is 14.7. The lowest BCUT2D eigenvalue weighted by atomic mass is 9.29. The van der Waals surface area contributed by atoms with E-state index in [4.69, 9.17) is 33.2 Å². The van der Waals surface area contributed by atoms with Crippen LogP contribution in [0.15, 0.2) is 0 Å². The second-order valence-corrected chi connectivity index (χ2v) is 24.4. The Labute approximate surface area is 408 Å². The zero-order chi connectivity index (χ0) is 51.6. The third-order valence-electron chi connectivity index (χ3n) is 20.0. The van der Waals surface area contributed by atoms with Gasteiger partial charge in [0.2, 0.25) is 0 Å². The fraction of sp³-hybridized carbons (Fsp3) is 0.959. The van der Waals surface area contributed by atoms with Crippen molar-refractivity contribution in [3.63, 3.8) is 0 Å². The maximum absolute atomic E-state index is 14.4. The molecule has 21 heteroatoms. The number of carbonyl (C=O) groups excluding carboxylic acids is 1. The van der Waals surface area contributed by atoms with E-state index >= 15 is 0 Å². The summed E-state index contributed by atoms with van der Waals surface area (Å²) >= 11 is 0. The molecule has 0 aromatic heterocycles. The van der Waals surface area contributed by atoms with Crippen molar-refractivity contribution in [1.29, 1.82) is 0 Å². The molecule has 0 radical (unpaired) electrons. The lowest BCUT2D eigenvalue weighted by molar-refractivity contribution is -0.373. The van der Waals surface area contributed by atoms with Crippen molar-refractivity contribution in [2.75, 3.05) is 19.8 Å². The average Bonchev–Trinajstić information content (AvgIpc) is 3.27. The molecule has 8 fully saturated rings. The molecule has 0 bridgehead atoms. The smallest absolute Gasteiger partial charge is 0.316 e. The number of ether oxygens (including phenoxy) is 7. The predicted molar refractivity (Wildman–Crippen MR) is 238 cm³/mol. The van der Waals surface area contributed by atoms with E-state index in [0.29, 0.717) is 32.1 Å². The van der Waals surface area contributed by atoms with Gasteiger partial charge in [0.1, 0.15) is 78.7 Å². The molecule has 70 heavy (non-hydrogen) atoms. The van der Waals surface area contributed by atoms with Gasteiger partial charge in [-0.05, 0) is 91.3 Å². The summed E-state index contributed by atoms with van der Waals surface area (Å²) in [5.74, 6) is -3.19. The monoisotopic (exact) mass is 1000 g/mol. The van der Waals surface area contributed by atoms with E-state index in [1.807, 2.05) is 20.8 Å². The molecular formula is C49H80O21. The first kappa shape index (κ1) is 54.5. The van der Waals surface area contributed by atoms with E-state index in [1.165, 1.54) is 6.92 Å². The van der Waals surface area contributed by atoms with Crippen LogP contribution in [-0.2, 0) is 42.7 Å². The summed E-state index contributed by atoms with van der Waals surface area (Å²) in [6, 6.07) is 0. The number of aliphatic hydroxyl groups is 11. The van der Waals surface area contributed by atoms with Crippen LogP contribution in [-0.4, -0.2) is 203 Å². The van der Waals surface area contributed by atoms with E-state index in [-0.39, 0.29) is 49.5 Å². The summed E-state index contributed by atoms with van der Waals surface area (Å²) in [6.45, 7) is 14.0. The summed E-state index contributed by atoms with van der Waals surface area (Å²) in [5.41, 5.74) is -7.10. The minimum Gasteiger partial charge on any atom is -0.481 e. The molecule has 21 nitrogen and oxygen atoms in total. The van der Waals surface area contributed by atoms with Gasteiger partial charge in [-0.25, -0.2) is 0 Å². The number of aliphatic hydroxyl groups excluding tert-OH is 10. The highest BCUT2D eigenvalue weighted by molar-refractivity contribution is 5.79. The Morgan fingerprint density at radius 2 is 1.16 bits per heavy atom. The van der Waals surface area contributed by atoms with Gasteiger partial charge in [0.25, 0.3) is 0 Å². The number of esters is 1. The summed E-state index contributed by atoms with van der Waals surface area (Å²) in [5, 5.41) is 131. The molecule has 5 aliphatic carbocycles. The van der Waals surface area contributed by atoms with Crippen molar-refractivity contribution >= 4 is 11.9 Å². The van der Waals surface area contributed by atoms with Gasteiger partial charge < -0.3 is 94.4 Å². The molecular weight excluding hydrogens is 925 g/mol. The van der Waals surface area contributed by atoms with E-state index in [1.54, 1.807) is 0 Å². The van der Waals surface area contributed by atoms with Crippen LogP contribution < -0.4 is 0 Å². The van der Waals surface area contributed by atoms with E-state index in [0.717, 1.165) is 0 Å². The van der Waals surface area contributed by atoms with Crippen LogP contribution in [0, 0.1) is 50.2 Å². The van der Waals surface area contributed by atoms with Crippen LogP contribution in [0.25, 0.3) is 0 Å². The summed E-state index contributed by atoms with van der Waals surface area (Å²) in [7, 11) is 0. The molecule has 3 heterocycles. The molecule has 0 unspecified atom stereocenters. The average molecular weight is 1010 g/mol. The molecule has 3 aliphatic heterocycles. The molecule has 8 rings (SSSR count). The Morgan fingerprint density at radius 3 is 1.71 bits per heavy atom. The number of aliphatic carboxylic acids is 1. The highest BCUT2D eigenvalue weighted by Gasteiger charge is 2.81. The van der Waals surface area contributed by atoms with Crippen LogP contribution in [0.3, 0.4) is 0 Å². The number of hydrogen-bond acceptors (Lipinski definition) is 20. The number of rotatable bonds is 10. The van der Waals surface area contributed by atoms with Gasteiger partial charge in [0, 0.05) is 18.3 Å². The molecule has 8 aliphatic rings. The quantitative estimate of drug-likeness (QED) is 0.0927. The number of carboxylic acid groups (broad SMARTS) is 1. The topological polar surface area (TPSA) is 342 Å². The highest BCUT2D eigenvalue weighted by Crippen LogP contribution is 2.78. The van der Waals surface area contributed by atoms with Gasteiger partial charge in [-0.2, -0.15) is 0 Å². The molecule has 25 atom stereocenters. The van der Waals surface area contributed by atoms with Crippen LogP contribution in [0.5, 0.6) is 0 Å². The van der Waals surface area contributed by atoms with Crippen LogP contribution in [0.4, 0.5) is 0 Å². The number of fused-ring (bicyclic) bond motifs is 7. The third-order valence-corrected chi connectivity index (χ3v) is 20.0. The minimum atomic E-state index is -2.08. The minimum absolute atomic E-state index is 0.00596. The normalized spacial score (nSPS) is 54.2. The summed E-state index contributed by atoms with van der Waals surface area (Å²) in [4.78, 5) is 27.6. The SMILES string of the molecule is CC(=O)O[C@@H]1C[C@@]2(C)[C@]3(C)CC[C@@H]4C(C)(C)[C@@H](O[C@@H]5OC[C@H](O)[C@H](O)[C@H]5O[C@@H]5O[C@H](CO)[C@@H](O)[C@H](O)[C@H]5O)CC[C@]4(C)[C@H]3CC[C@]2(O)[C@H]2CC(C)(C)C[C@H](O[C@@H]3O[C@H](CO)[C@@H](O)[C@H](O)[C@H]3O)[C@]12C(=O)O. The Balaban J connectivity index is 1.09. The summed E-state index contributed by atoms with van der Waals surface area (Å²) < 4.78 is 42.7. The zero-order valence-corrected chi connectivity index (χ0v) is 41.6. The highest BCUT2D eigenvalue weighted by atomic mass is 16.8. The van der Waals surface area contributed by atoms with Gasteiger partial charge in [0.15, 0.2) is 18.9 Å². The molecule has 3 saturated heterocycles. The van der Waals surface area contributed by atoms with Crippen molar-refractivity contribution < 1.29 is 104 Å². The van der Waals surface area contributed by atoms with Crippen LogP contribution in [0.1, 0.15) is 113 Å². The van der Waals surface area contributed by atoms with Crippen molar-refractivity contribution in [3.8, 4) is 0 Å². The third kappa shape index (κ3) is 8.13. The van der Waals surface area contributed by atoms with Gasteiger partial charge in [0.05, 0.1) is 37.6 Å². The van der Waals surface area contributed by atoms with Gasteiger partial charge in [-0.15, -0.1) is 0 Å². The van der Waals surface area contributed by atoms with E-state index in [9.17, 15) is 70.9 Å². The Bertz CT molecular complexity index is 1920. The molecule has 402 valence electrons. The number of hydrogen-bond donors (Lipinski definition) is 12. The van der Waals surface area contributed by atoms with Crippen LogP contribution >= 0.6 is 0 Å². The first-order chi connectivity index (χ1) is 32.5. The standard InChI is InChI=1S/C49H80O21/c1-21(52)65-30-17-47(8)46(7)13-9-25-44(4,5)28(68-41-38(31(54)22(53)20-64-41)70-40-37(60)35(58)33(56)24(19-51)67-40)11-12-45(25,6)26(46)10-14-48(47,63)27-15-43(2,3)16-29(49(27,30)42(61)62)69-39-36(59)34(57)32(55)23(18-50)66-39/h22-41,50-51,53-60,63H,9-20H2,1-8H3,(H,61,62)/t22-,23+,24+,25+,26+,27+,28-,29-,30+,31-,32+,33+,34-,35-,36+,37+,38+,39-,40-,41-,45-,46+,47-,48-,49-/m0/s1. The number of carboxylic acids is 1. The predicted octanol–water partition coefficient (Wildman–Crippen LogP) is -0.947. The second-order valence-electron chi connectivity index (χ2n) is 24.4. The van der Waals surface area contributed by atoms with Crippen LogP contribution in [0.2, 0.25) is 0 Å². The first-order valence-corrected chi connectivity index (χ1v) is 25.2. The Morgan fingerprint density at radius 1 is 0.600 bits per heavy atom. The van der Waals surface area contributed by atoms with Gasteiger partial charge in [-0.1, -0.05) is 48.5 Å². The maximum Gasteiger partial charge on any atom is 0.316 e. The molecule has 0 aromatic rings. The zero-order valence-electron chi connectivity index (χ0n) is 41.6.